The van der Waals surface area contributed by atoms with Gasteiger partial charge in [-0.25, -0.2) is 9.78 Å². The molecule has 1 aromatic carbocycles. The molecule has 0 bridgehead atoms. The average molecular weight is 212 g/mol. The lowest BCUT2D eigenvalue weighted by molar-refractivity contribution is 0.464. The van der Waals surface area contributed by atoms with Crippen molar-refractivity contribution in [2.75, 3.05) is 0 Å². The average Bonchev–Trinajstić information content (AvgIpc) is 2.33. The first kappa shape index (κ1) is 10.1. The van der Waals surface area contributed by atoms with Crippen LogP contribution in [0.2, 0.25) is 0 Å². The van der Waals surface area contributed by atoms with Crippen molar-refractivity contribution >= 4 is 11.8 Å². The molecule has 0 N–H and O–H groups in total. The number of pyridine rings is 1. The molecule has 0 unspecified atom stereocenters. The molecular formula is C12H8N2O2. The Morgan fingerprint density at radius 1 is 1.12 bits per heavy atom. The molecular weight excluding hydrogens is 204 g/mol. The maximum Gasteiger partial charge on any atom is 0.240 e. The summed E-state index contributed by atoms with van der Waals surface area (Å²) in [4.78, 5) is 17.8. The van der Waals surface area contributed by atoms with Crippen molar-refractivity contribution in [3.8, 4) is 11.6 Å². The van der Waals surface area contributed by atoms with E-state index in [2.05, 4.69) is 9.98 Å². The van der Waals surface area contributed by atoms with Gasteiger partial charge in [0, 0.05) is 12.3 Å². The third kappa shape index (κ3) is 2.32. The first-order valence-electron chi connectivity index (χ1n) is 4.66. The van der Waals surface area contributed by atoms with Crippen molar-refractivity contribution < 1.29 is 9.53 Å². The number of hydrogen-bond donors (Lipinski definition) is 0. The number of carbonyl (C=O) groups excluding carboxylic acids is 1. The molecule has 1 heterocycles. The minimum Gasteiger partial charge on any atom is -0.437 e. The van der Waals surface area contributed by atoms with Gasteiger partial charge in [-0.15, -0.1) is 0 Å². The Bertz CT molecular complexity index is 520. The van der Waals surface area contributed by atoms with Crippen molar-refractivity contribution in [1.82, 2.24) is 4.98 Å². The van der Waals surface area contributed by atoms with Crippen molar-refractivity contribution in [2.24, 2.45) is 4.99 Å². The highest BCUT2D eigenvalue weighted by Crippen LogP contribution is 2.29. The third-order valence-corrected chi connectivity index (χ3v) is 1.88. The summed E-state index contributed by atoms with van der Waals surface area (Å²) in [6, 6.07) is 12.3. The normalized spacial score (nSPS) is 9.25. The number of ether oxygens (including phenoxy) is 1. The van der Waals surface area contributed by atoms with E-state index in [0.29, 0.717) is 17.3 Å². The molecule has 0 spiro atoms. The Labute approximate surface area is 92.2 Å². The Kier molecular flexibility index (Phi) is 3.07. The first-order chi connectivity index (χ1) is 7.90. The van der Waals surface area contributed by atoms with Gasteiger partial charge in [-0.1, -0.05) is 18.2 Å². The van der Waals surface area contributed by atoms with Gasteiger partial charge in [0.2, 0.25) is 12.0 Å². The molecule has 0 aliphatic carbocycles. The number of benzene rings is 1. The zero-order valence-corrected chi connectivity index (χ0v) is 8.33. The van der Waals surface area contributed by atoms with E-state index in [0.717, 1.165) is 0 Å². The van der Waals surface area contributed by atoms with Crippen molar-refractivity contribution in [3.63, 3.8) is 0 Å². The molecule has 0 amide bonds. The van der Waals surface area contributed by atoms with Crippen LogP contribution in [-0.2, 0) is 4.79 Å². The fourth-order valence-electron chi connectivity index (χ4n) is 1.21. The molecule has 0 radical (unpaired) electrons. The Balaban J connectivity index is 2.31. The second-order valence-electron chi connectivity index (χ2n) is 2.94. The Morgan fingerprint density at radius 3 is 2.69 bits per heavy atom. The quantitative estimate of drug-likeness (QED) is 0.580. The number of isocyanates is 1. The lowest BCUT2D eigenvalue weighted by atomic mass is 10.3. The van der Waals surface area contributed by atoms with Crippen LogP contribution in [-0.4, -0.2) is 11.1 Å². The van der Waals surface area contributed by atoms with Crippen LogP contribution in [0.3, 0.4) is 0 Å². The van der Waals surface area contributed by atoms with E-state index < -0.39 is 0 Å². The highest BCUT2D eigenvalue weighted by Gasteiger charge is 2.03. The zero-order chi connectivity index (χ0) is 11.2. The van der Waals surface area contributed by atoms with Crippen LogP contribution >= 0.6 is 0 Å². The van der Waals surface area contributed by atoms with E-state index in [4.69, 9.17) is 4.74 Å². The minimum absolute atomic E-state index is 0.433. The smallest absolute Gasteiger partial charge is 0.240 e. The summed E-state index contributed by atoms with van der Waals surface area (Å²) in [6.07, 6.45) is 3.11. The van der Waals surface area contributed by atoms with Crippen molar-refractivity contribution in [1.29, 1.82) is 0 Å². The molecule has 0 aliphatic heterocycles. The summed E-state index contributed by atoms with van der Waals surface area (Å²) in [5.74, 6) is 0.931. The second-order valence-corrected chi connectivity index (χ2v) is 2.94. The number of hydrogen-bond acceptors (Lipinski definition) is 4. The van der Waals surface area contributed by atoms with E-state index in [1.54, 1.807) is 42.6 Å². The summed E-state index contributed by atoms with van der Waals surface area (Å²) >= 11 is 0. The molecule has 16 heavy (non-hydrogen) atoms. The lowest BCUT2D eigenvalue weighted by Crippen LogP contribution is -1.86. The first-order valence-corrected chi connectivity index (χ1v) is 4.66. The molecule has 1 aromatic heterocycles. The van der Waals surface area contributed by atoms with E-state index >= 15 is 0 Å². The topological polar surface area (TPSA) is 51.5 Å². The van der Waals surface area contributed by atoms with E-state index in [9.17, 15) is 4.79 Å². The van der Waals surface area contributed by atoms with Gasteiger partial charge >= 0.3 is 0 Å². The SMILES string of the molecule is O=C=Nc1ccccc1Oc1ccccn1. The van der Waals surface area contributed by atoms with Crippen LogP contribution < -0.4 is 4.74 Å². The maximum atomic E-state index is 10.2. The van der Waals surface area contributed by atoms with Crippen LogP contribution in [0.1, 0.15) is 0 Å². The molecule has 0 aliphatic rings. The van der Waals surface area contributed by atoms with E-state index in [1.807, 2.05) is 6.07 Å². The number of aliphatic imine (C=N–C) groups is 1. The van der Waals surface area contributed by atoms with Crippen molar-refractivity contribution in [3.05, 3.63) is 48.7 Å². The van der Waals surface area contributed by atoms with Crippen molar-refractivity contribution in [2.45, 2.75) is 0 Å². The van der Waals surface area contributed by atoms with Gasteiger partial charge in [0.1, 0.15) is 5.69 Å². The van der Waals surface area contributed by atoms with Crippen LogP contribution in [0, 0.1) is 0 Å². The summed E-state index contributed by atoms with van der Waals surface area (Å²) in [6.45, 7) is 0. The van der Waals surface area contributed by atoms with Crippen LogP contribution in [0.5, 0.6) is 11.6 Å². The largest absolute Gasteiger partial charge is 0.437 e. The predicted molar refractivity (Wildman–Crippen MR) is 58.5 cm³/mol. The molecule has 0 fully saturated rings. The molecule has 0 saturated heterocycles. The van der Waals surface area contributed by atoms with E-state index in [1.165, 1.54) is 6.08 Å². The van der Waals surface area contributed by atoms with Gasteiger partial charge in [0.15, 0.2) is 5.75 Å². The fourth-order valence-corrected chi connectivity index (χ4v) is 1.21. The molecule has 2 rings (SSSR count). The molecule has 78 valence electrons. The molecule has 4 heteroatoms. The summed E-state index contributed by atoms with van der Waals surface area (Å²) in [5.41, 5.74) is 0.433. The summed E-state index contributed by atoms with van der Waals surface area (Å²) in [5, 5.41) is 0. The van der Waals surface area contributed by atoms with Gasteiger partial charge < -0.3 is 4.74 Å². The minimum atomic E-state index is 0.433. The Morgan fingerprint density at radius 2 is 1.94 bits per heavy atom. The molecule has 0 saturated carbocycles. The van der Waals surface area contributed by atoms with Crippen LogP contribution in [0.15, 0.2) is 53.7 Å². The van der Waals surface area contributed by atoms with Crippen LogP contribution in [0.4, 0.5) is 5.69 Å². The summed E-state index contributed by atoms with van der Waals surface area (Å²) in [7, 11) is 0. The molecule has 4 nitrogen and oxygen atoms in total. The summed E-state index contributed by atoms with van der Waals surface area (Å²) < 4.78 is 5.48. The van der Waals surface area contributed by atoms with Gasteiger partial charge in [0.05, 0.1) is 0 Å². The zero-order valence-electron chi connectivity index (χ0n) is 8.33. The van der Waals surface area contributed by atoms with Gasteiger partial charge in [-0.05, 0) is 18.2 Å². The number of aromatic nitrogens is 1. The van der Waals surface area contributed by atoms with Gasteiger partial charge in [-0.2, -0.15) is 4.99 Å². The molecule has 0 atom stereocenters. The van der Waals surface area contributed by atoms with Gasteiger partial charge in [0.25, 0.3) is 0 Å². The fraction of sp³-hybridized carbons (Fsp3) is 0. The number of nitrogens with zero attached hydrogens (tertiary/aromatic N) is 2. The maximum absolute atomic E-state index is 10.2. The predicted octanol–water partition coefficient (Wildman–Crippen LogP) is 2.84. The monoisotopic (exact) mass is 212 g/mol. The highest BCUT2D eigenvalue weighted by molar-refractivity contribution is 5.58. The Hall–Kier alpha value is -2.45. The second kappa shape index (κ2) is 4.87. The highest BCUT2D eigenvalue weighted by atomic mass is 16.5. The molecule has 2 aromatic rings. The van der Waals surface area contributed by atoms with E-state index in [-0.39, 0.29) is 0 Å². The third-order valence-electron chi connectivity index (χ3n) is 1.88. The number of para-hydroxylation sites is 2. The standard InChI is InChI=1S/C12H8N2O2/c15-9-14-10-5-1-2-6-11(10)16-12-7-3-4-8-13-12/h1-8H. The van der Waals surface area contributed by atoms with Gasteiger partial charge in [-0.3, -0.25) is 0 Å². The lowest BCUT2D eigenvalue weighted by Gasteiger charge is -2.05. The number of rotatable bonds is 3. The van der Waals surface area contributed by atoms with Crippen LogP contribution in [0.25, 0.3) is 0 Å².